The van der Waals surface area contributed by atoms with Crippen molar-refractivity contribution < 1.29 is 4.79 Å². The SMILES string of the molecule is C[Si](C)(C)C(=O)C1CCCC=C1[Si](C)(C)C. The standard InChI is InChI=1S/C13H26OSi2/c1-15(2,3)12-10-8-7-9-11(12)13(14)16(4,5)6/h10-11H,7-9H2,1-6H3. The fraction of sp³-hybridized carbons (Fsp3) is 0.769. The lowest BCUT2D eigenvalue weighted by molar-refractivity contribution is -0.115. The predicted octanol–water partition coefficient (Wildman–Crippen LogP) is 4.04. The van der Waals surface area contributed by atoms with Crippen LogP contribution in [0.3, 0.4) is 0 Å². The van der Waals surface area contributed by atoms with Crippen molar-refractivity contribution in [3.8, 4) is 0 Å². The van der Waals surface area contributed by atoms with Gasteiger partial charge in [-0.3, -0.25) is 0 Å². The minimum absolute atomic E-state index is 0.284. The number of hydrogen-bond donors (Lipinski definition) is 0. The molecule has 1 unspecified atom stereocenters. The van der Waals surface area contributed by atoms with Gasteiger partial charge in [0.2, 0.25) is 0 Å². The van der Waals surface area contributed by atoms with Crippen LogP contribution in [-0.2, 0) is 4.79 Å². The van der Waals surface area contributed by atoms with E-state index in [-0.39, 0.29) is 5.92 Å². The van der Waals surface area contributed by atoms with Gasteiger partial charge in [0.05, 0.1) is 8.07 Å². The molecule has 1 nitrogen and oxygen atoms in total. The minimum Gasteiger partial charge on any atom is -0.305 e. The monoisotopic (exact) mass is 254 g/mol. The Balaban J connectivity index is 2.99. The largest absolute Gasteiger partial charge is 0.305 e. The van der Waals surface area contributed by atoms with Crippen LogP contribution in [0.1, 0.15) is 19.3 Å². The van der Waals surface area contributed by atoms with Crippen molar-refractivity contribution in [2.24, 2.45) is 5.92 Å². The molecule has 3 heteroatoms. The summed E-state index contributed by atoms with van der Waals surface area (Å²) in [7, 11) is -2.92. The van der Waals surface area contributed by atoms with E-state index in [0.717, 1.165) is 6.42 Å². The predicted molar refractivity (Wildman–Crippen MR) is 77.1 cm³/mol. The molecule has 92 valence electrons. The van der Waals surface area contributed by atoms with Crippen LogP contribution in [0.25, 0.3) is 0 Å². The van der Waals surface area contributed by atoms with Crippen LogP contribution >= 0.6 is 0 Å². The first-order valence-electron chi connectivity index (χ1n) is 6.39. The van der Waals surface area contributed by atoms with E-state index in [9.17, 15) is 4.79 Å². The third kappa shape index (κ3) is 3.17. The van der Waals surface area contributed by atoms with Gasteiger partial charge >= 0.3 is 0 Å². The molecule has 1 aliphatic carbocycles. The zero-order valence-electron chi connectivity index (χ0n) is 11.7. The molecule has 0 aromatic heterocycles. The summed E-state index contributed by atoms with van der Waals surface area (Å²) >= 11 is 0. The zero-order chi connectivity index (χ0) is 12.6. The number of hydrogen-bond acceptors (Lipinski definition) is 1. The highest BCUT2D eigenvalue weighted by Gasteiger charge is 2.38. The van der Waals surface area contributed by atoms with Crippen molar-refractivity contribution in [3.05, 3.63) is 11.3 Å². The Hall–Kier alpha value is -0.156. The highest BCUT2D eigenvalue weighted by atomic mass is 28.3. The van der Waals surface area contributed by atoms with Gasteiger partial charge < -0.3 is 4.79 Å². The van der Waals surface area contributed by atoms with Gasteiger partial charge in [0.25, 0.3) is 0 Å². The van der Waals surface area contributed by atoms with E-state index in [2.05, 4.69) is 45.4 Å². The van der Waals surface area contributed by atoms with Gasteiger partial charge in [-0.05, 0) is 19.3 Å². The maximum atomic E-state index is 12.5. The molecule has 0 radical (unpaired) electrons. The lowest BCUT2D eigenvalue weighted by Crippen LogP contribution is -2.44. The van der Waals surface area contributed by atoms with Gasteiger partial charge in [-0.2, -0.15) is 0 Å². The second kappa shape index (κ2) is 4.61. The molecule has 0 fully saturated rings. The van der Waals surface area contributed by atoms with Gasteiger partial charge in [-0.1, -0.05) is 50.6 Å². The average Bonchev–Trinajstić information content (AvgIpc) is 2.14. The van der Waals surface area contributed by atoms with Crippen LogP contribution in [0.15, 0.2) is 11.3 Å². The Morgan fingerprint density at radius 3 is 2.19 bits per heavy atom. The highest BCUT2D eigenvalue weighted by Crippen LogP contribution is 2.34. The van der Waals surface area contributed by atoms with Crippen LogP contribution in [0, 0.1) is 5.92 Å². The van der Waals surface area contributed by atoms with Crippen molar-refractivity contribution in [3.63, 3.8) is 0 Å². The summed E-state index contributed by atoms with van der Waals surface area (Å²) in [6, 6.07) is 0. The van der Waals surface area contributed by atoms with Crippen LogP contribution in [0.4, 0.5) is 0 Å². The molecule has 1 aliphatic rings. The first-order valence-corrected chi connectivity index (χ1v) is 13.4. The summed E-state index contributed by atoms with van der Waals surface area (Å²) in [6.07, 6.45) is 5.89. The summed E-state index contributed by atoms with van der Waals surface area (Å²) in [4.78, 5) is 12.5. The Kier molecular flexibility index (Phi) is 4.01. The van der Waals surface area contributed by atoms with Crippen molar-refractivity contribution in [2.75, 3.05) is 0 Å². The summed E-state index contributed by atoms with van der Waals surface area (Å²) < 4.78 is 0. The Labute approximate surface area is 102 Å². The van der Waals surface area contributed by atoms with E-state index in [1.165, 1.54) is 18.0 Å². The van der Waals surface area contributed by atoms with E-state index in [1.54, 1.807) is 0 Å². The molecule has 0 aromatic rings. The molecule has 0 N–H and O–H groups in total. The second-order valence-electron chi connectivity index (χ2n) is 7.01. The third-order valence-corrected chi connectivity index (χ3v) is 7.47. The maximum Gasteiger partial charge on any atom is 0.124 e. The molecule has 0 spiro atoms. The van der Waals surface area contributed by atoms with Crippen LogP contribution in [0.5, 0.6) is 0 Å². The van der Waals surface area contributed by atoms with Crippen LogP contribution in [-0.4, -0.2) is 21.6 Å². The third-order valence-electron chi connectivity index (χ3n) is 3.36. The molecule has 1 rings (SSSR count). The normalized spacial score (nSPS) is 22.9. The van der Waals surface area contributed by atoms with E-state index in [4.69, 9.17) is 0 Å². The van der Waals surface area contributed by atoms with E-state index in [0.29, 0.717) is 5.41 Å². The van der Waals surface area contributed by atoms with E-state index in [1.807, 2.05) is 0 Å². The summed E-state index contributed by atoms with van der Waals surface area (Å²) in [6.45, 7) is 13.7. The number of rotatable bonds is 3. The summed E-state index contributed by atoms with van der Waals surface area (Å²) in [5.74, 6) is 0.284. The molecule has 0 saturated heterocycles. The number of carbonyl (C=O) groups excluding carboxylic acids is 1. The fourth-order valence-corrected chi connectivity index (χ4v) is 6.07. The summed E-state index contributed by atoms with van der Waals surface area (Å²) in [5, 5.41) is 2.12. The van der Waals surface area contributed by atoms with Gasteiger partial charge in [0.1, 0.15) is 13.5 Å². The van der Waals surface area contributed by atoms with E-state index < -0.39 is 16.1 Å². The molecule has 1 atom stereocenters. The number of carbonyl (C=O) groups is 1. The Bertz CT molecular complexity index is 305. The van der Waals surface area contributed by atoms with Crippen molar-refractivity contribution in [2.45, 2.75) is 58.5 Å². The van der Waals surface area contributed by atoms with Crippen LogP contribution in [0.2, 0.25) is 39.3 Å². The topological polar surface area (TPSA) is 17.1 Å². The smallest absolute Gasteiger partial charge is 0.124 e. The van der Waals surface area contributed by atoms with Crippen molar-refractivity contribution in [1.29, 1.82) is 0 Å². The number of allylic oxidation sites excluding steroid dienone is 2. The van der Waals surface area contributed by atoms with Crippen molar-refractivity contribution in [1.82, 2.24) is 0 Å². The highest BCUT2D eigenvalue weighted by molar-refractivity contribution is 7.04. The van der Waals surface area contributed by atoms with Crippen LogP contribution < -0.4 is 0 Å². The van der Waals surface area contributed by atoms with Gasteiger partial charge in [0.15, 0.2) is 0 Å². The fourth-order valence-electron chi connectivity index (χ4n) is 2.50. The van der Waals surface area contributed by atoms with E-state index >= 15 is 0 Å². The summed E-state index contributed by atoms with van der Waals surface area (Å²) in [5.41, 5.74) is 0. The molecule has 16 heavy (non-hydrogen) atoms. The molecule has 0 bridgehead atoms. The van der Waals surface area contributed by atoms with Gasteiger partial charge in [0, 0.05) is 5.92 Å². The molecule has 0 amide bonds. The Morgan fingerprint density at radius 1 is 1.19 bits per heavy atom. The lowest BCUT2D eigenvalue weighted by Gasteiger charge is -2.34. The molecule has 0 saturated carbocycles. The van der Waals surface area contributed by atoms with Gasteiger partial charge in [-0.25, -0.2) is 0 Å². The minimum atomic E-state index is -1.63. The average molecular weight is 255 g/mol. The first-order chi connectivity index (χ1) is 7.14. The molecular formula is C13H26OSi2. The molecule has 0 aromatic carbocycles. The lowest BCUT2D eigenvalue weighted by atomic mass is 9.96. The quantitative estimate of drug-likeness (QED) is 0.695. The molecule has 0 aliphatic heterocycles. The zero-order valence-corrected chi connectivity index (χ0v) is 13.7. The second-order valence-corrected chi connectivity index (χ2v) is 17.1. The Morgan fingerprint density at radius 2 is 1.75 bits per heavy atom. The van der Waals surface area contributed by atoms with Crippen molar-refractivity contribution >= 4 is 21.6 Å². The first kappa shape index (κ1) is 13.9. The molecular weight excluding hydrogens is 228 g/mol. The van der Waals surface area contributed by atoms with Gasteiger partial charge in [-0.15, -0.1) is 0 Å². The molecule has 0 heterocycles. The maximum absolute atomic E-state index is 12.5.